The molecule has 3 heterocycles. The molecule has 0 saturated carbocycles. The third kappa shape index (κ3) is 5.68. The minimum atomic E-state index is -1.82. The summed E-state index contributed by atoms with van der Waals surface area (Å²) < 4.78 is 0. The number of carbonyl (C=O) groups is 3. The van der Waals surface area contributed by atoms with Gasteiger partial charge >= 0.3 is 11.9 Å². The van der Waals surface area contributed by atoms with Gasteiger partial charge in [0.15, 0.2) is 0 Å². The fraction of sp³-hybridized carbons (Fsp3) is 0.375. The van der Waals surface area contributed by atoms with Gasteiger partial charge in [-0.3, -0.25) is 9.69 Å². The number of carboxylic acid groups (broad SMARTS) is 2. The van der Waals surface area contributed by atoms with Crippen LogP contribution in [0.4, 0.5) is 11.6 Å². The van der Waals surface area contributed by atoms with E-state index in [0.717, 1.165) is 56.3 Å². The highest BCUT2D eigenvalue weighted by molar-refractivity contribution is 6.27. The molecule has 1 amide bonds. The molecule has 4 rings (SSSR count). The molecule has 10 heteroatoms. The predicted molar refractivity (Wildman–Crippen MR) is 125 cm³/mol. The lowest BCUT2D eigenvalue weighted by atomic mass is 9.76. The molecule has 2 aromatic rings. The van der Waals surface area contributed by atoms with Crippen molar-refractivity contribution < 1.29 is 24.6 Å². The maximum Gasteiger partial charge on any atom is 0.414 e. The van der Waals surface area contributed by atoms with Crippen molar-refractivity contribution in [2.24, 2.45) is 0 Å². The zero-order valence-corrected chi connectivity index (χ0v) is 18.9. The summed E-state index contributed by atoms with van der Waals surface area (Å²) in [7, 11) is 0. The quantitative estimate of drug-likeness (QED) is 0.453. The minimum absolute atomic E-state index is 0.0713. The molecule has 0 spiro atoms. The summed E-state index contributed by atoms with van der Waals surface area (Å²) >= 11 is 0. The number of hydrogen-bond acceptors (Lipinski definition) is 7. The molecule has 0 aliphatic carbocycles. The fourth-order valence-corrected chi connectivity index (χ4v) is 3.97. The number of nitrogens with zero attached hydrogens (tertiary/aromatic N) is 4. The van der Waals surface area contributed by atoms with Gasteiger partial charge in [0.1, 0.15) is 0 Å². The van der Waals surface area contributed by atoms with E-state index in [4.69, 9.17) is 19.8 Å². The number of amides is 1. The van der Waals surface area contributed by atoms with Crippen LogP contribution in [-0.2, 0) is 19.8 Å². The zero-order chi connectivity index (χ0) is 24.6. The second-order valence-corrected chi connectivity index (χ2v) is 7.89. The number of aromatic nitrogens is 2. The maximum absolute atomic E-state index is 12.6. The average Bonchev–Trinajstić information content (AvgIpc) is 3.14. The fourth-order valence-electron chi connectivity index (χ4n) is 3.97. The van der Waals surface area contributed by atoms with Crippen LogP contribution >= 0.6 is 0 Å². The molecule has 2 aliphatic heterocycles. The minimum Gasteiger partial charge on any atom is -0.473 e. The maximum atomic E-state index is 12.6. The number of anilines is 2. The van der Waals surface area contributed by atoms with Gasteiger partial charge < -0.3 is 20.4 Å². The molecule has 0 bridgehead atoms. The number of aliphatic carboxylic acids is 2. The first-order chi connectivity index (χ1) is 16.4. The van der Waals surface area contributed by atoms with E-state index in [0.29, 0.717) is 6.42 Å². The van der Waals surface area contributed by atoms with E-state index in [-0.39, 0.29) is 5.91 Å². The van der Waals surface area contributed by atoms with Gasteiger partial charge in [0.2, 0.25) is 11.9 Å². The molecule has 1 fully saturated rings. The highest BCUT2D eigenvalue weighted by Crippen LogP contribution is 2.42. The largest absolute Gasteiger partial charge is 0.473 e. The molecule has 1 unspecified atom stereocenters. The third-order valence-electron chi connectivity index (χ3n) is 5.94. The van der Waals surface area contributed by atoms with Crippen molar-refractivity contribution in [3.8, 4) is 11.8 Å². The summed E-state index contributed by atoms with van der Waals surface area (Å²) in [5, 5.41) is 17.8. The molecule has 1 aromatic heterocycles. The summed E-state index contributed by atoms with van der Waals surface area (Å²) in [6, 6.07) is 9.79. The molecule has 10 nitrogen and oxygen atoms in total. The molecule has 178 valence electrons. The number of piperazine rings is 1. The van der Waals surface area contributed by atoms with Gasteiger partial charge in [-0.2, -0.15) is 0 Å². The molecular weight excluding hydrogens is 438 g/mol. The normalized spacial score (nSPS) is 19.1. The number of hydrogen-bond donors (Lipinski definition) is 3. The first kappa shape index (κ1) is 24.7. The molecule has 2 aliphatic rings. The Morgan fingerprint density at radius 1 is 1.03 bits per heavy atom. The number of rotatable bonds is 4. The first-order valence-electron chi connectivity index (χ1n) is 10.9. The van der Waals surface area contributed by atoms with Gasteiger partial charge in [-0.15, -0.1) is 5.92 Å². The monoisotopic (exact) mass is 465 g/mol. The van der Waals surface area contributed by atoms with Crippen LogP contribution in [0.25, 0.3) is 0 Å². The van der Waals surface area contributed by atoms with Crippen molar-refractivity contribution in [2.75, 3.05) is 42.9 Å². The summed E-state index contributed by atoms with van der Waals surface area (Å²) in [5.41, 5.74) is 1.48. The van der Waals surface area contributed by atoms with Crippen LogP contribution < -0.4 is 10.2 Å². The van der Waals surface area contributed by atoms with Gasteiger partial charge in [0.25, 0.3) is 0 Å². The Hall–Kier alpha value is -3.97. The highest BCUT2D eigenvalue weighted by atomic mass is 16.4. The zero-order valence-electron chi connectivity index (χ0n) is 18.9. The van der Waals surface area contributed by atoms with E-state index in [1.54, 1.807) is 12.4 Å². The molecule has 1 aromatic carbocycles. The van der Waals surface area contributed by atoms with Crippen LogP contribution in [-0.4, -0.2) is 75.7 Å². The predicted octanol–water partition coefficient (Wildman–Crippen LogP) is 1.45. The SMILES string of the molecule is CCC1(CC#CCN2CCN(c3ncccn3)CC2)C(=O)Nc2ccccc21.O=C(O)C(=O)O. The number of nitrogens with one attached hydrogen (secondary N) is 1. The third-order valence-corrected chi connectivity index (χ3v) is 5.94. The average molecular weight is 466 g/mol. The van der Waals surface area contributed by atoms with E-state index in [1.807, 2.05) is 30.3 Å². The van der Waals surface area contributed by atoms with Crippen LogP contribution in [0.1, 0.15) is 25.3 Å². The Labute approximate surface area is 197 Å². The molecule has 34 heavy (non-hydrogen) atoms. The number of fused-ring (bicyclic) bond motifs is 1. The Balaban J connectivity index is 0.000000481. The van der Waals surface area contributed by atoms with Crippen LogP contribution in [0.2, 0.25) is 0 Å². The lowest BCUT2D eigenvalue weighted by Crippen LogP contribution is -2.47. The van der Waals surface area contributed by atoms with Crippen LogP contribution in [0.15, 0.2) is 42.7 Å². The van der Waals surface area contributed by atoms with E-state index in [1.165, 1.54) is 0 Å². The van der Waals surface area contributed by atoms with Gasteiger partial charge in [0.05, 0.1) is 12.0 Å². The van der Waals surface area contributed by atoms with Crippen LogP contribution in [0.3, 0.4) is 0 Å². The lowest BCUT2D eigenvalue weighted by Gasteiger charge is -2.33. The molecule has 1 atom stereocenters. The van der Waals surface area contributed by atoms with Gasteiger partial charge in [-0.25, -0.2) is 19.6 Å². The van der Waals surface area contributed by atoms with Crippen molar-refractivity contribution in [1.82, 2.24) is 14.9 Å². The molecular formula is C24H27N5O5. The van der Waals surface area contributed by atoms with Gasteiger partial charge in [-0.1, -0.05) is 31.0 Å². The van der Waals surface area contributed by atoms with Crippen molar-refractivity contribution in [3.63, 3.8) is 0 Å². The van der Waals surface area contributed by atoms with Crippen molar-refractivity contribution in [1.29, 1.82) is 0 Å². The summed E-state index contributed by atoms with van der Waals surface area (Å²) in [6.45, 7) is 6.48. The Bertz CT molecular complexity index is 1080. The number of benzene rings is 1. The summed E-state index contributed by atoms with van der Waals surface area (Å²) in [4.78, 5) is 44.0. The standard InChI is InChI=1S/C22H25N5O.C2H2O4/c1-2-22(18-8-3-4-9-19(18)25-20(22)28)10-5-6-13-26-14-16-27(17-15-26)21-23-11-7-12-24-21;3-1(4)2(5)6/h3-4,7-9,11-12H,2,10,13-17H2,1H3,(H,25,28);(H,3,4)(H,5,6). The van der Waals surface area contributed by atoms with Crippen molar-refractivity contribution in [2.45, 2.75) is 25.2 Å². The lowest BCUT2D eigenvalue weighted by molar-refractivity contribution is -0.159. The Morgan fingerprint density at radius 3 is 2.29 bits per heavy atom. The number of carbonyl (C=O) groups excluding carboxylic acids is 1. The smallest absolute Gasteiger partial charge is 0.414 e. The van der Waals surface area contributed by atoms with Crippen molar-refractivity contribution in [3.05, 3.63) is 48.3 Å². The first-order valence-corrected chi connectivity index (χ1v) is 10.9. The Morgan fingerprint density at radius 2 is 1.68 bits per heavy atom. The van der Waals surface area contributed by atoms with Crippen molar-refractivity contribution >= 4 is 29.5 Å². The summed E-state index contributed by atoms with van der Waals surface area (Å²) in [6.07, 6.45) is 4.87. The topological polar surface area (TPSA) is 136 Å². The van der Waals surface area contributed by atoms with E-state index in [9.17, 15) is 4.79 Å². The second kappa shape index (κ2) is 11.2. The molecule has 1 saturated heterocycles. The van der Waals surface area contributed by atoms with Crippen LogP contribution in [0.5, 0.6) is 0 Å². The van der Waals surface area contributed by atoms with Crippen LogP contribution in [0, 0.1) is 11.8 Å². The van der Waals surface area contributed by atoms with E-state index < -0.39 is 17.4 Å². The Kier molecular flexibility index (Phi) is 8.16. The second-order valence-electron chi connectivity index (χ2n) is 7.89. The van der Waals surface area contributed by atoms with E-state index >= 15 is 0 Å². The van der Waals surface area contributed by atoms with E-state index in [2.05, 4.69) is 43.8 Å². The van der Waals surface area contributed by atoms with Gasteiger partial charge in [-0.05, 0) is 24.1 Å². The molecule has 3 N–H and O–H groups in total. The molecule has 0 radical (unpaired) electrons. The number of carboxylic acids is 2. The highest BCUT2D eigenvalue weighted by Gasteiger charge is 2.44. The number of para-hydroxylation sites is 1. The van der Waals surface area contributed by atoms with Gasteiger partial charge in [0, 0.05) is 50.7 Å². The summed E-state index contributed by atoms with van der Waals surface area (Å²) in [5.74, 6) is 3.80.